The molecule has 2 fully saturated rings. The van der Waals surface area contributed by atoms with Crippen molar-refractivity contribution in [2.75, 3.05) is 38.1 Å². The molecule has 0 spiro atoms. The Morgan fingerprint density at radius 1 is 1.14 bits per heavy atom. The molecule has 0 aliphatic carbocycles. The van der Waals surface area contributed by atoms with Gasteiger partial charge in [0.1, 0.15) is 11.9 Å². The molecule has 2 unspecified atom stereocenters. The average molecular weight is 491 g/mol. The first-order valence-corrected chi connectivity index (χ1v) is 11.9. The summed E-state index contributed by atoms with van der Waals surface area (Å²) in [7, 11) is 1.67. The highest BCUT2D eigenvalue weighted by Gasteiger charge is 2.36. The number of likely N-dealkylation sites (tertiary alicyclic amines) is 1. The molecule has 0 radical (unpaired) electrons. The van der Waals surface area contributed by atoms with Gasteiger partial charge in [-0.2, -0.15) is 13.2 Å². The number of hydrogen-bond donors (Lipinski definition) is 3. The zero-order valence-electron chi connectivity index (χ0n) is 19.4. The number of aromatic nitrogens is 3. The average Bonchev–Trinajstić information content (AvgIpc) is 3.52. The van der Waals surface area contributed by atoms with Gasteiger partial charge < -0.3 is 15.0 Å². The number of rotatable bonds is 5. The van der Waals surface area contributed by atoms with Crippen molar-refractivity contribution in [3.63, 3.8) is 0 Å². The predicted octanol–water partition coefficient (Wildman–Crippen LogP) is 2.71. The molecule has 8 nitrogen and oxygen atoms in total. The zero-order valence-corrected chi connectivity index (χ0v) is 19.4. The third kappa shape index (κ3) is 4.67. The van der Waals surface area contributed by atoms with E-state index in [1.54, 1.807) is 19.3 Å². The number of nitrogens with one attached hydrogen (secondary N) is 2. The lowest BCUT2D eigenvalue weighted by Gasteiger charge is -2.37. The van der Waals surface area contributed by atoms with E-state index < -0.39 is 23.8 Å². The summed E-state index contributed by atoms with van der Waals surface area (Å²) in [5.41, 5.74) is 0.881. The van der Waals surface area contributed by atoms with Gasteiger partial charge >= 0.3 is 11.9 Å². The van der Waals surface area contributed by atoms with Gasteiger partial charge in [-0.1, -0.05) is 0 Å². The summed E-state index contributed by atoms with van der Waals surface area (Å²) < 4.78 is 40.3. The number of anilines is 1. The molecule has 3 aromatic heterocycles. The first-order chi connectivity index (χ1) is 16.7. The van der Waals surface area contributed by atoms with Crippen LogP contribution in [0.5, 0.6) is 0 Å². The van der Waals surface area contributed by atoms with Crippen molar-refractivity contribution in [3.05, 3.63) is 64.1 Å². The number of aromatic amines is 1. The van der Waals surface area contributed by atoms with Gasteiger partial charge in [0.25, 0.3) is 0 Å². The fourth-order valence-corrected chi connectivity index (χ4v) is 5.36. The van der Waals surface area contributed by atoms with Crippen LogP contribution in [0.25, 0.3) is 5.52 Å². The first kappa shape index (κ1) is 23.8. The van der Waals surface area contributed by atoms with Crippen LogP contribution in [0, 0.1) is 0 Å². The second-order valence-electron chi connectivity index (χ2n) is 9.34. The molecule has 5 heterocycles. The Kier molecular flexibility index (Phi) is 6.32. The Bertz CT molecular complexity index is 1230. The van der Waals surface area contributed by atoms with Gasteiger partial charge in [0.15, 0.2) is 0 Å². The van der Waals surface area contributed by atoms with E-state index in [4.69, 9.17) is 0 Å². The van der Waals surface area contributed by atoms with E-state index >= 15 is 0 Å². The number of piperidine rings is 1. The molecule has 0 saturated carbocycles. The van der Waals surface area contributed by atoms with Crippen molar-refractivity contribution < 1.29 is 18.3 Å². The third-order valence-corrected chi connectivity index (χ3v) is 7.29. The number of halogens is 3. The van der Waals surface area contributed by atoms with Crippen LogP contribution in [0.15, 0.2) is 41.3 Å². The quantitative estimate of drug-likeness (QED) is 0.477. The van der Waals surface area contributed by atoms with Gasteiger partial charge in [-0.3, -0.25) is 19.6 Å². The van der Waals surface area contributed by atoms with Crippen LogP contribution >= 0.6 is 0 Å². The fraction of sp³-hybridized carbons (Fsp3) is 0.500. The van der Waals surface area contributed by atoms with Gasteiger partial charge in [-0.15, -0.1) is 0 Å². The molecule has 35 heavy (non-hydrogen) atoms. The molecule has 3 N–H and O–H groups in total. The lowest BCUT2D eigenvalue weighted by Crippen LogP contribution is -2.44. The Balaban J connectivity index is 1.21. The van der Waals surface area contributed by atoms with E-state index in [2.05, 4.69) is 25.1 Å². The molecule has 2 aliphatic heterocycles. The number of aliphatic hydroxyl groups is 1. The second-order valence-corrected chi connectivity index (χ2v) is 9.34. The first-order valence-electron chi connectivity index (χ1n) is 11.9. The van der Waals surface area contributed by atoms with Crippen molar-refractivity contribution in [2.45, 2.75) is 43.6 Å². The molecular formula is C24H29F3N6O2. The van der Waals surface area contributed by atoms with E-state index in [0.29, 0.717) is 21.8 Å². The largest absolute Gasteiger partial charge is 0.431 e. The van der Waals surface area contributed by atoms with Crippen LogP contribution < -0.4 is 15.9 Å². The van der Waals surface area contributed by atoms with Crippen molar-refractivity contribution in [1.82, 2.24) is 24.6 Å². The van der Waals surface area contributed by atoms with Crippen LogP contribution in [0.4, 0.5) is 18.9 Å². The van der Waals surface area contributed by atoms with E-state index in [-0.39, 0.29) is 11.4 Å². The molecule has 0 amide bonds. The monoisotopic (exact) mass is 490 g/mol. The second kappa shape index (κ2) is 9.29. The number of alkyl halides is 3. The number of hydrogen-bond acceptors (Lipinski definition) is 6. The fourth-order valence-electron chi connectivity index (χ4n) is 5.36. The minimum Gasteiger partial charge on any atom is -0.373 e. The van der Waals surface area contributed by atoms with Crippen LogP contribution in [0.1, 0.15) is 48.5 Å². The van der Waals surface area contributed by atoms with Gasteiger partial charge in [-0.05, 0) is 63.2 Å². The maximum atomic E-state index is 13.2. The zero-order chi connectivity index (χ0) is 24.7. The van der Waals surface area contributed by atoms with Crippen molar-refractivity contribution in [2.24, 2.45) is 0 Å². The summed E-state index contributed by atoms with van der Waals surface area (Å²) in [5, 5.41) is 12.6. The minimum absolute atomic E-state index is 0.0883. The number of fused-ring (bicyclic) bond motifs is 1. The minimum atomic E-state index is -4.58. The Hall–Kier alpha value is -2.89. The molecule has 188 valence electrons. The molecule has 5 rings (SSSR count). The number of H-pyrrole nitrogens is 1. The molecule has 11 heteroatoms. The van der Waals surface area contributed by atoms with Crippen molar-refractivity contribution >= 4 is 11.2 Å². The predicted molar refractivity (Wildman–Crippen MR) is 125 cm³/mol. The Morgan fingerprint density at radius 3 is 2.57 bits per heavy atom. The smallest absolute Gasteiger partial charge is 0.373 e. The SMILES string of the molecule is CNC(O)c1ccc(N2CCC(N3CCC(c4cc5ccc(C(F)(F)F)n5c(=O)[nH]4)C3)CC2)cn1. The molecular weight excluding hydrogens is 461 g/mol. The van der Waals surface area contributed by atoms with E-state index in [9.17, 15) is 23.1 Å². The lowest BCUT2D eigenvalue weighted by atomic mass is 10.0. The maximum absolute atomic E-state index is 13.2. The van der Waals surface area contributed by atoms with Crippen molar-refractivity contribution in [3.8, 4) is 0 Å². The summed E-state index contributed by atoms with van der Waals surface area (Å²) in [6.45, 7) is 3.47. The molecule has 0 aromatic carbocycles. The number of nitrogens with zero attached hydrogens (tertiary/aromatic N) is 4. The summed E-state index contributed by atoms with van der Waals surface area (Å²) >= 11 is 0. The van der Waals surface area contributed by atoms with E-state index in [1.807, 2.05) is 12.1 Å². The highest BCUT2D eigenvalue weighted by atomic mass is 19.4. The molecule has 2 saturated heterocycles. The van der Waals surface area contributed by atoms with Gasteiger partial charge in [0, 0.05) is 37.3 Å². The van der Waals surface area contributed by atoms with Crippen LogP contribution in [0.3, 0.4) is 0 Å². The highest BCUT2D eigenvalue weighted by Crippen LogP contribution is 2.33. The molecule has 2 aliphatic rings. The van der Waals surface area contributed by atoms with Gasteiger partial charge in [-0.25, -0.2) is 4.79 Å². The van der Waals surface area contributed by atoms with E-state index in [1.165, 1.54) is 6.07 Å². The molecule has 0 bridgehead atoms. The summed E-state index contributed by atoms with van der Waals surface area (Å²) in [5.74, 6) is 0.0883. The number of pyridine rings is 1. The van der Waals surface area contributed by atoms with Crippen LogP contribution in [0.2, 0.25) is 0 Å². The summed E-state index contributed by atoms with van der Waals surface area (Å²) in [6.07, 6.45) is -0.712. The Morgan fingerprint density at radius 2 is 1.91 bits per heavy atom. The summed E-state index contributed by atoms with van der Waals surface area (Å²) in [4.78, 5) is 24.3. The molecule has 2 atom stereocenters. The highest BCUT2D eigenvalue weighted by molar-refractivity contribution is 5.51. The lowest BCUT2D eigenvalue weighted by molar-refractivity contribution is -0.141. The third-order valence-electron chi connectivity index (χ3n) is 7.29. The van der Waals surface area contributed by atoms with Crippen LogP contribution in [-0.2, 0) is 6.18 Å². The standard InChI is InChI=1S/C24H29F3N6O2/c1-28-22(34)19-4-2-18(13-29-19)31-10-7-16(8-11-31)32-9-6-15(14-32)20-12-17-3-5-21(24(25,26)27)33(17)23(35)30-20/h2-5,12-13,15-16,22,28,34H,6-11,14H2,1H3,(H,30,35). The van der Waals surface area contributed by atoms with E-state index in [0.717, 1.165) is 57.2 Å². The molecule has 3 aromatic rings. The topological polar surface area (TPSA) is 88.9 Å². The summed E-state index contributed by atoms with van der Waals surface area (Å²) in [6, 6.07) is 8.21. The van der Waals surface area contributed by atoms with Gasteiger partial charge in [0.05, 0.1) is 23.1 Å². The Labute approximate surface area is 200 Å². The van der Waals surface area contributed by atoms with Gasteiger partial charge in [0.2, 0.25) is 0 Å². The van der Waals surface area contributed by atoms with Crippen molar-refractivity contribution in [1.29, 1.82) is 0 Å². The normalized spacial score (nSPS) is 21.2. The number of aliphatic hydroxyl groups excluding tert-OH is 1. The maximum Gasteiger partial charge on any atom is 0.431 e. The van der Waals surface area contributed by atoms with Crippen LogP contribution in [-0.4, -0.2) is 63.6 Å².